The van der Waals surface area contributed by atoms with Crippen LogP contribution in [0.2, 0.25) is 0 Å². The van der Waals surface area contributed by atoms with E-state index >= 15 is 0 Å². The largest absolute Gasteiger partial charge is 0.481 e. The first-order valence-electron chi connectivity index (χ1n) is 24.8. The molecule has 1 aromatic rings. The number of likely N-dealkylation sites (tertiary alicyclic amines) is 1. The van der Waals surface area contributed by atoms with Crippen molar-refractivity contribution in [1.29, 1.82) is 0 Å². The summed E-state index contributed by atoms with van der Waals surface area (Å²) in [6.07, 6.45) is 4.98. The molecule has 0 radical (unpaired) electrons. The number of esters is 1. The number of hydrogen-bond donors (Lipinski definition) is 4. The fourth-order valence-corrected chi connectivity index (χ4v) is 9.38. The van der Waals surface area contributed by atoms with Crippen LogP contribution in [0.1, 0.15) is 99.5 Å². The van der Waals surface area contributed by atoms with Crippen LogP contribution >= 0.6 is 0 Å². The van der Waals surface area contributed by atoms with Crippen LogP contribution in [-0.4, -0.2) is 182 Å². The third-order valence-corrected chi connectivity index (χ3v) is 13.6. The van der Waals surface area contributed by atoms with Gasteiger partial charge in [0.05, 0.1) is 50.2 Å². The van der Waals surface area contributed by atoms with Gasteiger partial charge in [0.1, 0.15) is 24.2 Å². The molecule has 0 aromatic heterocycles. The molecule has 0 saturated carbocycles. The van der Waals surface area contributed by atoms with Gasteiger partial charge in [-0.05, 0) is 49.0 Å². The molecule has 20 heteroatoms. The predicted molar refractivity (Wildman–Crippen MR) is 268 cm³/mol. The van der Waals surface area contributed by atoms with E-state index in [0.717, 1.165) is 10.5 Å². The highest BCUT2D eigenvalue weighted by atomic mass is 16.5. The van der Waals surface area contributed by atoms with Gasteiger partial charge in [0, 0.05) is 60.8 Å². The van der Waals surface area contributed by atoms with E-state index in [4.69, 9.17) is 25.7 Å². The smallest absolute Gasteiger partial charge is 0.328 e. The number of nitrogens with zero attached hydrogens (tertiary/aromatic N) is 4. The molecule has 1 saturated heterocycles. The molecule has 1 fully saturated rings. The molecule has 7 amide bonds. The van der Waals surface area contributed by atoms with Crippen LogP contribution in [0, 0.1) is 36.0 Å². The Morgan fingerprint density at radius 1 is 0.819 bits per heavy atom. The van der Waals surface area contributed by atoms with Gasteiger partial charge in [-0.1, -0.05) is 85.2 Å². The summed E-state index contributed by atoms with van der Waals surface area (Å²) in [6.45, 7) is 14.1. The normalized spacial score (nSPS) is 17.1. The molecule has 1 aliphatic heterocycles. The first kappa shape index (κ1) is 62.0. The number of carbonyl (C=O) groups excluding carboxylic acids is 8. The number of carbonyl (C=O) groups is 9. The molecule has 20 nitrogen and oxygen atoms in total. The quantitative estimate of drug-likeness (QED) is 0.0665. The second-order valence-corrected chi connectivity index (χ2v) is 19.4. The Balaban J connectivity index is 2.27. The van der Waals surface area contributed by atoms with Gasteiger partial charge in [0.15, 0.2) is 0 Å². The minimum absolute atomic E-state index is 0.111. The highest BCUT2D eigenvalue weighted by Gasteiger charge is 2.44. The molecule has 1 heterocycles. The Bertz CT molecular complexity index is 2050. The number of likely N-dealkylation sites (N-methyl/N-ethyl adjacent to an activating group) is 2. The maximum Gasteiger partial charge on any atom is 0.328 e. The Labute approximate surface area is 425 Å². The van der Waals surface area contributed by atoms with Crippen LogP contribution in [0.5, 0.6) is 0 Å². The SMILES string of the molecule is C#CC(=O)N(CCC(=O)O)CCC(=O)N[C@@H](C)C(=O)N(C)[C@H](C(=O)N[C@H](C(=O)N(C)[C@@H]([C@@H](C)CC)[C@@H](CC(=O)N1CCC[C@H]1[C@H](OC)[C@@H](C)C(=O)N[C@@H](Cc1ccccc1)C(=O)OC)OC)C(C)C)C(C)C. The van der Waals surface area contributed by atoms with E-state index in [1.807, 2.05) is 50.1 Å². The first-order chi connectivity index (χ1) is 33.9. The third-order valence-electron chi connectivity index (χ3n) is 13.6. The van der Waals surface area contributed by atoms with Crippen molar-refractivity contribution < 1.29 is 62.5 Å². The summed E-state index contributed by atoms with van der Waals surface area (Å²) in [6, 6.07) is 3.93. The average molecular weight is 1010 g/mol. The molecule has 402 valence electrons. The number of amides is 7. The number of carboxylic acid groups (broad SMARTS) is 1. The maximum atomic E-state index is 14.7. The fraction of sp³-hybridized carbons (Fsp3) is 0.673. The van der Waals surface area contributed by atoms with Gasteiger partial charge in [-0.3, -0.25) is 38.4 Å². The van der Waals surface area contributed by atoms with Gasteiger partial charge in [-0.2, -0.15) is 0 Å². The third kappa shape index (κ3) is 17.6. The Hall–Kier alpha value is -6.07. The molecule has 0 aliphatic carbocycles. The number of ether oxygens (including phenoxy) is 3. The number of carboxylic acids is 1. The van der Waals surface area contributed by atoms with Crippen LogP contribution in [0.4, 0.5) is 0 Å². The lowest BCUT2D eigenvalue weighted by atomic mass is 9.89. The predicted octanol–water partition coefficient (Wildman–Crippen LogP) is 2.26. The maximum absolute atomic E-state index is 14.7. The van der Waals surface area contributed by atoms with Gasteiger partial charge >= 0.3 is 11.9 Å². The number of methoxy groups -OCH3 is 3. The molecule has 0 spiro atoms. The van der Waals surface area contributed by atoms with E-state index in [0.29, 0.717) is 25.8 Å². The Morgan fingerprint density at radius 2 is 1.44 bits per heavy atom. The van der Waals surface area contributed by atoms with Gasteiger partial charge in [0.2, 0.25) is 35.4 Å². The number of hydrogen-bond acceptors (Lipinski definition) is 12. The van der Waals surface area contributed by atoms with Crippen LogP contribution in [-0.2, 0) is 63.8 Å². The number of rotatable bonds is 29. The summed E-state index contributed by atoms with van der Waals surface area (Å²) in [5.41, 5.74) is 0.836. The van der Waals surface area contributed by atoms with E-state index < -0.39 is 114 Å². The van der Waals surface area contributed by atoms with Gasteiger partial charge in [-0.15, -0.1) is 6.42 Å². The summed E-state index contributed by atoms with van der Waals surface area (Å²) < 4.78 is 17.0. The van der Waals surface area contributed by atoms with E-state index in [-0.39, 0.29) is 50.6 Å². The molecule has 0 unspecified atom stereocenters. The summed E-state index contributed by atoms with van der Waals surface area (Å²) in [7, 11) is 7.27. The van der Waals surface area contributed by atoms with E-state index in [9.17, 15) is 43.2 Å². The number of terminal acetylenes is 1. The van der Waals surface area contributed by atoms with E-state index in [1.165, 1.54) is 45.1 Å². The van der Waals surface area contributed by atoms with Gasteiger partial charge < -0.3 is 54.9 Å². The van der Waals surface area contributed by atoms with Crippen molar-refractivity contribution >= 4 is 53.3 Å². The van der Waals surface area contributed by atoms with Crippen molar-refractivity contribution in [2.24, 2.45) is 23.7 Å². The monoisotopic (exact) mass is 1010 g/mol. The van der Waals surface area contributed by atoms with Crippen molar-refractivity contribution in [2.45, 2.75) is 149 Å². The minimum atomic E-state index is -1.15. The van der Waals surface area contributed by atoms with Crippen LogP contribution in [0.15, 0.2) is 30.3 Å². The minimum Gasteiger partial charge on any atom is -0.481 e. The molecule has 4 N–H and O–H groups in total. The van der Waals surface area contributed by atoms with Crippen molar-refractivity contribution in [3.63, 3.8) is 0 Å². The van der Waals surface area contributed by atoms with E-state index in [2.05, 4.69) is 16.0 Å². The van der Waals surface area contributed by atoms with Crippen LogP contribution < -0.4 is 16.0 Å². The lowest BCUT2D eigenvalue weighted by Gasteiger charge is -2.41. The van der Waals surface area contributed by atoms with Crippen LogP contribution in [0.3, 0.4) is 0 Å². The zero-order valence-electron chi connectivity index (χ0n) is 44.6. The molecule has 72 heavy (non-hydrogen) atoms. The lowest BCUT2D eigenvalue weighted by molar-refractivity contribution is -0.149. The van der Waals surface area contributed by atoms with Crippen molar-refractivity contribution in [1.82, 2.24) is 35.6 Å². The molecule has 0 bridgehead atoms. The Morgan fingerprint density at radius 3 is 1.97 bits per heavy atom. The summed E-state index contributed by atoms with van der Waals surface area (Å²) >= 11 is 0. The number of aliphatic carboxylic acids is 1. The number of benzene rings is 1. The van der Waals surface area contributed by atoms with Crippen molar-refractivity contribution in [2.75, 3.05) is 55.1 Å². The molecule has 1 aromatic carbocycles. The van der Waals surface area contributed by atoms with Crippen molar-refractivity contribution in [3.8, 4) is 12.3 Å². The van der Waals surface area contributed by atoms with Gasteiger partial charge in [0.25, 0.3) is 5.91 Å². The second-order valence-electron chi connectivity index (χ2n) is 19.4. The molecule has 2 rings (SSSR count). The summed E-state index contributed by atoms with van der Waals surface area (Å²) in [4.78, 5) is 125. The molecule has 10 atom stereocenters. The standard InChI is InChI=1S/C52H81N7O13/c1-15-33(7)46(39(70-12)30-42(62)59-26-20-23-38(59)47(71-13)34(8)48(65)54-37(52(69)72-14)29-36-21-18-17-19-22-36)57(11)51(68)44(31(3)4)55-49(66)45(32(5)6)56(10)50(67)35(9)53-40(60)24-27-58(41(61)16-2)28-25-43(63)64/h2,17-19,21-22,31-35,37-39,44-47H,15,20,23-30H2,1,3-14H3,(H,53,60)(H,54,65)(H,55,66)(H,63,64)/t33-,34+,35-,37-,38-,39+,44-,45-,46-,47+/m0/s1. The van der Waals surface area contributed by atoms with Gasteiger partial charge in [-0.25, -0.2) is 4.79 Å². The second kappa shape index (κ2) is 30.1. The van der Waals surface area contributed by atoms with Crippen molar-refractivity contribution in [3.05, 3.63) is 35.9 Å². The topological polar surface area (TPSA) is 251 Å². The average Bonchev–Trinajstić information content (AvgIpc) is 3.83. The molecular formula is C52H81N7O13. The fourth-order valence-electron chi connectivity index (χ4n) is 9.38. The highest BCUT2D eigenvalue weighted by molar-refractivity contribution is 5.95. The first-order valence-corrected chi connectivity index (χ1v) is 24.8. The zero-order valence-corrected chi connectivity index (χ0v) is 44.6. The zero-order chi connectivity index (χ0) is 54.6. The molecular weight excluding hydrogens is 931 g/mol. The summed E-state index contributed by atoms with van der Waals surface area (Å²) in [5.74, 6) is -5.38. The van der Waals surface area contributed by atoms with E-state index in [1.54, 1.807) is 46.6 Å². The van der Waals surface area contributed by atoms with Crippen LogP contribution in [0.25, 0.3) is 0 Å². The number of nitrogens with one attached hydrogen (secondary N) is 3. The molecule has 1 aliphatic rings. The lowest BCUT2D eigenvalue weighted by Crippen LogP contribution is -2.61. The highest BCUT2D eigenvalue weighted by Crippen LogP contribution is 2.30. The Kier molecular flexibility index (Phi) is 25.9. The summed E-state index contributed by atoms with van der Waals surface area (Å²) in [5, 5.41) is 17.3.